The lowest BCUT2D eigenvalue weighted by Gasteiger charge is -2.11. The molecule has 0 rings (SSSR count). The highest BCUT2D eigenvalue weighted by atomic mass is 14.1. The van der Waals surface area contributed by atoms with E-state index in [0.29, 0.717) is 0 Å². The van der Waals surface area contributed by atoms with Crippen LogP contribution in [0, 0.1) is 0 Å². The van der Waals surface area contributed by atoms with Gasteiger partial charge < -0.3 is 0 Å². The lowest BCUT2D eigenvalue weighted by molar-refractivity contribution is 0.622. The van der Waals surface area contributed by atoms with E-state index in [-0.39, 0.29) is 0 Å². The molecule has 0 radical (unpaired) electrons. The zero-order chi connectivity index (χ0) is 20.7. The molecule has 0 atom stereocenters. The van der Waals surface area contributed by atoms with E-state index < -0.39 is 0 Å². The van der Waals surface area contributed by atoms with Crippen LogP contribution in [-0.4, -0.2) is 0 Å². The van der Waals surface area contributed by atoms with Crippen molar-refractivity contribution < 1.29 is 0 Å². The van der Waals surface area contributed by atoms with Crippen LogP contribution in [0.4, 0.5) is 0 Å². The van der Waals surface area contributed by atoms with Gasteiger partial charge in [0.2, 0.25) is 0 Å². The fourth-order valence-electron chi connectivity index (χ4n) is 3.94. The molecule has 0 unspecified atom stereocenters. The second-order valence-corrected chi connectivity index (χ2v) is 8.86. The smallest absolute Gasteiger partial charge is 0.0282 e. The largest absolute Gasteiger partial charge is 0.0813 e. The maximum Gasteiger partial charge on any atom is -0.0282 e. The maximum absolute atomic E-state index is 2.64. The zero-order valence-corrected chi connectivity index (χ0v) is 20.3. The van der Waals surface area contributed by atoms with Crippen LogP contribution in [0.5, 0.6) is 0 Å². The van der Waals surface area contributed by atoms with Crippen LogP contribution in [0.2, 0.25) is 0 Å². The van der Waals surface area contributed by atoms with Crippen LogP contribution < -0.4 is 0 Å². The molecule has 0 aliphatic rings. The summed E-state index contributed by atoms with van der Waals surface area (Å²) >= 11 is 0. The van der Waals surface area contributed by atoms with Gasteiger partial charge in [0, 0.05) is 0 Å². The Kier molecular flexibility index (Phi) is 22.3. The molecule has 0 heterocycles. The molecule has 0 aliphatic heterocycles. The molecule has 0 saturated heterocycles. The fraction of sp³-hybridized carbons (Fsp3) is 0.857. The predicted octanol–water partition coefficient (Wildman–Crippen LogP) is 10.7. The summed E-state index contributed by atoms with van der Waals surface area (Å²) in [6, 6.07) is 0. The van der Waals surface area contributed by atoms with Crippen molar-refractivity contribution in [2.75, 3.05) is 0 Å². The Bertz CT molecular complexity index is 346. The molecule has 0 bridgehead atoms. The van der Waals surface area contributed by atoms with E-state index in [9.17, 15) is 0 Å². The third kappa shape index (κ3) is 18.8. The van der Waals surface area contributed by atoms with Crippen LogP contribution in [0.25, 0.3) is 0 Å². The lowest BCUT2D eigenvalue weighted by Crippen LogP contribution is -1.91. The van der Waals surface area contributed by atoms with E-state index in [1.807, 2.05) is 0 Å². The van der Waals surface area contributed by atoms with E-state index in [4.69, 9.17) is 0 Å². The average Bonchev–Trinajstić information content (AvgIpc) is 2.70. The summed E-state index contributed by atoms with van der Waals surface area (Å²) in [6.45, 7) is 9.25. The molecule has 0 fully saturated rings. The van der Waals surface area contributed by atoms with Gasteiger partial charge >= 0.3 is 0 Å². The normalized spacial score (nSPS) is 11.8. The summed E-state index contributed by atoms with van der Waals surface area (Å²) in [4.78, 5) is 0. The predicted molar refractivity (Wildman–Crippen MR) is 131 cm³/mol. The summed E-state index contributed by atoms with van der Waals surface area (Å²) in [5.74, 6) is 0. The molecule has 0 nitrogen and oxygen atoms in total. The highest BCUT2D eigenvalue weighted by molar-refractivity contribution is 5.24. The van der Waals surface area contributed by atoms with Crippen molar-refractivity contribution >= 4 is 0 Å². The van der Waals surface area contributed by atoms with Gasteiger partial charge in [-0.3, -0.25) is 0 Å². The van der Waals surface area contributed by atoms with Crippen molar-refractivity contribution in [2.45, 2.75) is 156 Å². The van der Waals surface area contributed by atoms with Gasteiger partial charge in [0.05, 0.1) is 0 Å². The first-order valence-electron chi connectivity index (χ1n) is 13.2. The number of hydrogen-bond donors (Lipinski definition) is 0. The molecule has 0 aromatic carbocycles. The molecule has 0 amide bonds. The Balaban J connectivity index is 4.81. The molecule has 166 valence electrons. The highest BCUT2D eigenvalue weighted by Crippen LogP contribution is 2.22. The molecule has 0 aromatic rings. The number of unbranched alkanes of at least 4 members (excludes halogenated alkanes) is 13. The molecule has 0 aromatic heterocycles. The fourth-order valence-corrected chi connectivity index (χ4v) is 3.94. The van der Waals surface area contributed by atoms with Crippen LogP contribution >= 0.6 is 0 Å². The Hall–Kier alpha value is -0.520. The summed E-state index contributed by atoms with van der Waals surface area (Å²) in [6.07, 6.45) is 32.7. The summed E-state index contributed by atoms with van der Waals surface area (Å²) in [5.41, 5.74) is 3.41. The summed E-state index contributed by atoms with van der Waals surface area (Å²) < 4.78 is 0. The van der Waals surface area contributed by atoms with Crippen LogP contribution in [0.3, 0.4) is 0 Å². The van der Waals surface area contributed by atoms with Gasteiger partial charge in [-0.05, 0) is 51.4 Å². The minimum absolute atomic E-state index is 1.29. The van der Waals surface area contributed by atoms with Gasteiger partial charge in [-0.1, -0.05) is 128 Å². The van der Waals surface area contributed by atoms with E-state index in [2.05, 4.69) is 39.8 Å². The Morgan fingerprint density at radius 1 is 0.464 bits per heavy atom. The summed E-state index contributed by atoms with van der Waals surface area (Å²) in [7, 11) is 0. The first-order valence-corrected chi connectivity index (χ1v) is 13.2. The number of hydrogen-bond acceptors (Lipinski definition) is 0. The molecule has 0 aliphatic carbocycles. The molecule has 0 saturated carbocycles. The van der Waals surface area contributed by atoms with Crippen molar-refractivity contribution in [3.8, 4) is 0 Å². The van der Waals surface area contributed by atoms with Crippen LogP contribution in [-0.2, 0) is 0 Å². The highest BCUT2D eigenvalue weighted by Gasteiger charge is 2.03. The van der Waals surface area contributed by atoms with Crippen molar-refractivity contribution in [3.05, 3.63) is 23.3 Å². The van der Waals surface area contributed by atoms with Crippen molar-refractivity contribution in [2.24, 2.45) is 0 Å². The standard InChI is InChI=1S/C28H54/c1-5-9-13-17-21-25-28(24-20-16-12-8-4)26-27(22-18-14-10-6-2)23-19-15-11-7-3/h25-26H,5-24H2,1-4H3/b28-25+. The average molecular weight is 391 g/mol. The van der Waals surface area contributed by atoms with Gasteiger partial charge in [-0.25, -0.2) is 0 Å². The van der Waals surface area contributed by atoms with Crippen LogP contribution in [0.1, 0.15) is 156 Å². The lowest BCUT2D eigenvalue weighted by atomic mass is 9.95. The molecule has 0 heteroatoms. The van der Waals surface area contributed by atoms with Crippen molar-refractivity contribution in [1.29, 1.82) is 0 Å². The van der Waals surface area contributed by atoms with Crippen LogP contribution in [0.15, 0.2) is 23.3 Å². The Morgan fingerprint density at radius 3 is 1.36 bits per heavy atom. The first-order chi connectivity index (χ1) is 13.8. The first kappa shape index (κ1) is 27.5. The second-order valence-electron chi connectivity index (χ2n) is 8.86. The maximum atomic E-state index is 2.64. The topological polar surface area (TPSA) is 0 Å². The molecule has 28 heavy (non-hydrogen) atoms. The molecule has 0 N–H and O–H groups in total. The monoisotopic (exact) mass is 390 g/mol. The zero-order valence-electron chi connectivity index (χ0n) is 20.3. The van der Waals surface area contributed by atoms with Gasteiger partial charge in [-0.2, -0.15) is 0 Å². The minimum atomic E-state index is 1.29. The quantitative estimate of drug-likeness (QED) is 0.135. The van der Waals surface area contributed by atoms with Gasteiger partial charge in [0.15, 0.2) is 0 Å². The second kappa shape index (κ2) is 22.8. The minimum Gasteiger partial charge on any atom is -0.0813 e. The van der Waals surface area contributed by atoms with Gasteiger partial charge in [0.25, 0.3) is 0 Å². The van der Waals surface area contributed by atoms with E-state index >= 15 is 0 Å². The molecule has 0 spiro atoms. The van der Waals surface area contributed by atoms with E-state index in [1.165, 1.54) is 128 Å². The SMILES string of the molecule is CCCCCC/C=C(/C=C(CCCCCC)CCCCCC)CCCCCC. The molecular formula is C28H54. The van der Waals surface area contributed by atoms with Crippen molar-refractivity contribution in [1.82, 2.24) is 0 Å². The number of allylic oxidation sites excluding steroid dienone is 4. The summed E-state index contributed by atoms with van der Waals surface area (Å²) in [5, 5.41) is 0. The van der Waals surface area contributed by atoms with Gasteiger partial charge in [-0.15, -0.1) is 0 Å². The third-order valence-corrected chi connectivity index (χ3v) is 5.88. The van der Waals surface area contributed by atoms with Crippen molar-refractivity contribution in [3.63, 3.8) is 0 Å². The van der Waals surface area contributed by atoms with E-state index in [0.717, 1.165) is 0 Å². The Labute approximate surface area is 179 Å². The Morgan fingerprint density at radius 2 is 0.893 bits per heavy atom. The third-order valence-electron chi connectivity index (χ3n) is 5.88. The van der Waals surface area contributed by atoms with E-state index in [1.54, 1.807) is 11.1 Å². The molecular weight excluding hydrogens is 336 g/mol. The number of rotatable bonds is 21. The van der Waals surface area contributed by atoms with Gasteiger partial charge in [0.1, 0.15) is 0 Å².